The molecule has 0 bridgehead atoms. The zero-order valence-electron chi connectivity index (χ0n) is 11.8. The van der Waals surface area contributed by atoms with Gasteiger partial charge in [0, 0.05) is 19.0 Å². The van der Waals surface area contributed by atoms with Gasteiger partial charge >= 0.3 is 5.69 Å². The van der Waals surface area contributed by atoms with Crippen LogP contribution in [0.3, 0.4) is 0 Å². The first kappa shape index (κ1) is 16.2. The second-order valence-electron chi connectivity index (χ2n) is 4.96. The summed E-state index contributed by atoms with van der Waals surface area (Å²) in [6.45, 7) is -0.351. The largest absolute Gasteiger partial charge is 0.394 e. The van der Waals surface area contributed by atoms with Gasteiger partial charge in [0.15, 0.2) is 0 Å². The van der Waals surface area contributed by atoms with Crippen LogP contribution in [0.5, 0.6) is 0 Å². The Kier molecular flexibility index (Phi) is 5.27. The number of aliphatic hydroxyl groups excluding tert-OH is 2. The molecule has 1 aromatic rings. The standard InChI is InChI=1S/C14H17N3O5/c15-5-3-1-2-4-9-7-17(14(21)16-13(9)20)12-6-10(19)11(8-18)22-12/h2,4,7,10-12,18-19H,1,3,6,8H2,(H,16,20,21)/b4-2+/t10-,11+,12+/m0/s1. The maximum atomic E-state index is 11.9. The van der Waals surface area contributed by atoms with Crippen LogP contribution in [0, 0.1) is 11.3 Å². The Labute approximate surface area is 125 Å². The van der Waals surface area contributed by atoms with E-state index in [1.54, 1.807) is 6.08 Å². The Hall–Kier alpha value is -2.21. The number of ether oxygens (including phenoxy) is 1. The van der Waals surface area contributed by atoms with Crippen molar-refractivity contribution in [2.24, 2.45) is 0 Å². The van der Waals surface area contributed by atoms with Crippen molar-refractivity contribution >= 4 is 6.08 Å². The first-order chi connectivity index (χ1) is 10.6. The number of hydrogen-bond donors (Lipinski definition) is 3. The first-order valence-electron chi connectivity index (χ1n) is 6.90. The van der Waals surface area contributed by atoms with E-state index in [0.29, 0.717) is 12.8 Å². The smallest absolute Gasteiger partial charge is 0.330 e. The van der Waals surface area contributed by atoms with Gasteiger partial charge in [-0.05, 0) is 6.42 Å². The number of aromatic nitrogens is 2. The number of hydrogen-bond acceptors (Lipinski definition) is 6. The molecule has 2 heterocycles. The van der Waals surface area contributed by atoms with Crippen LogP contribution in [-0.2, 0) is 4.74 Å². The Bertz CT molecular complexity index is 700. The molecule has 118 valence electrons. The third-order valence-corrected chi connectivity index (χ3v) is 3.41. The zero-order valence-corrected chi connectivity index (χ0v) is 11.8. The summed E-state index contributed by atoms with van der Waals surface area (Å²) in [6.07, 6.45) is 3.16. The van der Waals surface area contributed by atoms with E-state index in [2.05, 4.69) is 4.98 Å². The molecule has 1 fully saturated rings. The number of unbranched alkanes of at least 4 members (excludes halogenated alkanes) is 1. The van der Waals surface area contributed by atoms with E-state index < -0.39 is 29.7 Å². The van der Waals surface area contributed by atoms with E-state index in [1.165, 1.54) is 16.8 Å². The summed E-state index contributed by atoms with van der Waals surface area (Å²) in [6, 6.07) is 1.99. The molecule has 1 aromatic heterocycles. The maximum absolute atomic E-state index is 11.9. The van der Waals surface area contributed by atoms with E-state index in [-0.39, 0.29) is 18.6 Å². The molecule has 0 radical (unpaired) electrons. The lowest BCUT2D eigenvalue weighted by molar-refractivity contribution is -0.0459. The lowest BCUT2D eigenvalue weighted by Gasteiger charge is -2.14. The fourth-order valence-electron chi connectivity index (χ4n) is 2.24. The second kappa shape index (κ2) is 7.17. The van der Waals surface area contributed by atoms with Crippen molar-refractivity contribution in [1.82, 2.24) is 9.55 Å². The quantitative estimate of drug-likeness (QED) is 0.629. The highest BCUT2D eigenvalue weighted by Gasteiger charge is 2.35. The molecule has 8 heteroatoms. The molecule has 0 aliphatic carbocycles. The van der Waals surface area contributed by atoms with Gasteiger partial charge in [-0.2, -0.15) is 5.26 Å². The number of H-pyrrole nitrogens is 1. The first-order valence-corrected chi connectivity index (χ1v) is 6.90. The molecule has 3 atom stereocenters. The van der Waals surface area contributed by atoms with Crippen LogP contribution < -0.4 is 11.2 Å². The molecule has 0 saturated carbocycles. The van der Waals surface area contributed by atoms with E-state index >= 15 is 0 Å². The normalized spacial score (nSPS) is 24.7. The Morgan fingerprint density at radius 2 is 2.32 bits per heavy atom. The average Bonchev–Trinajstić information content (AvgIpc) is 2.86. The van der Waals surface area contributed by atoms with Crippen LogP contribution >= 0.6 is 0 Å². The summed E-state index contributed by atoms with van der Waals surface area (Å²) in [5.74, 6) is 0. The van der Waals surface area contributed by atoms with E-state index in [4.69, 9.17) is 15.1 Å². The summed E-state index contributed by atoms with van der Waals surface area (Å²) < 4.78 is 6.59. The van der Waals surface area contributed by atoms with E-state index in [0.717, 1.165) is 0 Å². The molecule has 8 nitrogen and oxygen atoms in total. The van der Waals surface area contributed by atoms with Crippen LogP contribution in [0.2, 0.25) is 0 Å². The maximum Gasteiger partial charge on any atom is 0.330 e. The average molecular weight is 307 g/mol. The topological polar surface area (TPSA) is 128 Å². The Morgan fingerprint density at radius 3 is 2.95 bits per heavy atom. The highest BCUT2D eigenvalue weighted by molar-refractivity contribution is 5.46. The van der Waals surface area contributed by atoms with Gasteiger partial charge in [0.05, 0.1) is 24.3 Å². The fraction of sp³-hybridized carbons (Fsp3) is 0.500. The predicted octanol–water partition coefficient (Wildman–Crippen LogP) is -0.506. The minimum Gasteiger partial charge on any atom is -0.394 e. The summed E-state index contributed by atoms with van der Waals surface area (Å²) in [5.41, 5.74) is -0.926. The lowest BCUT2D eigenvalue weighted by atomic mass is 10.2. The van der Waals surface area contributed by atoms with Crippen molar-refractivity contribution in [3.63, 3.8) is 0 Å². The van der Waals surface area contributed by atoms with Crippen LogP contribution in [0.25, 0.3) is 6.08 Å². The van der Waals surface area contributed by atoms with E-state index in [1.807, 2.05) is 6.07 Å². The highest BCUT2D eigenvalue weighted by Crippen LogP contribution is 2.27. The molecule has 22 heavy (non-hydrogen) atoms. The molecule has 2 rings (SSSR count). The molecule has 1 saturated heterocycles. The van der Waals surface area contributed by atoms with Crippen molar-refractivity contribution in [1.29, 1.82) is 5.26 Å². The molecule has 0 aromatic carbocycles. The molecule has 0 unspecified atom stereocenters. The molecule has 1 aliphatic heterocycles. The van der Waals surface area contributed by atoms with Crippen LogP contribution in [-0.4, -0.2) is 38.6 Å². The molecular formula is C14H17N3O5. The molecule has 0 amide bonds. The van der Waals surface area contributed by atoms with Gasteiger partial charge < -0.3 is 14.9 Å². The lowest BCUT2D eigenvalue weighted by Crippen LogP contribution is -2.33. The molecule has 0 spiro atoms. The van der Waals surface area contributed by atoms with Gasteiger partial charge in [-0.15, -0.1) is 0 Å². The number of aliphatic hydroxyl groups is 2. The number of allylic oxidation sites excluding steroid dienone is 1. The predicted molar refractivity (Wildman–Crippen MR) is 76.8 cm³/mol. The number of nitriles is 1. The molecular weight excluding hydrogens is 290 g/mol. The zero-order chi connectivity index (χ0) is 16.1. The minimum absolute atomic E-state index is 0.148. The number of nitrogens with zero attached hydrogens (tertiary/aromatic N) is 2. The van der Waals surface area contributed by atoms with Crippen molar-refractivity contribution in [2.75, 3.05) is 6.61 Å². The summed E-state index contributed by atoms with van der Waals surface area (Å²) in [5, 5.41) is 27.2. The molecule has 3 N–H and O–H groups in total. The molecule has 1 aliphatic rings. The van der Waals surface area contributed by atoms with Gasteiger partial charge in [0.2, 0.25) is 0 Å². The summed E-state index contributed by atoms with van der Waals surface area (Å²) >= 11 is 0. The van der Waals surface area contributed by atoms with Gasteiger partial charge in [0.25, 0.3) is 5.56 Å². The van der Waals surface area contributed by atoms with Gasteiger partial charge in [-0.25, -0.2) is 4.79 Å². The fourth-order valence-corrected chi connectivity index (χ4v) is 2.24. The summed E-state index contributed by atoms with van der Waals surface area (Å²) in [7, 11) is 0. The van der Waals surface area contributed by atoms with E-state index in [9.17, 15) is 14.7 Å². The van der Waals surface area contributed by atoms with Crippen molar-refractivity contribution in [3.05, 3.63) is 38.7 Å². The third-order valence-electron chi connectivity index (χ3n) is 3.41. The van der Waals surface area contributed by atoms with Crippen LogP contribution in [0.4, 0.5) is 0 Å². The van der Waals surface area contributed by atoms with Gasteiger partial charge in [-0.1, -0.05) is 12.2 Å². The second-order valence-corrected chi connectivity index (χ2v) is 4.96. The number of aromatic amines is 1. The minimum atomic E-state index is -0.872. The third kappa shape index (κ3) is 3.51. The van der Waals surface area contributed by atoms with Crippen LogP contribution in [0.15, 0.2) is 21.9 Å². The van der Waals surface area contributed by atoms with Crippen molar-refractivity contribution in [2.45, 2.75) is 37.7 Å². The Balaban J connectivity index is 2.26. The van der Waals surface area contributed by atoms with Crippen molar-refractivity contribution < 1.29 is 14.9 Å². The monoisotopic (exact) mass is 307 g/mol. The van der Waals surface area contributed by atoms with Crippen LogP contribution in [0.1, 0.15) is 31.1 Å². The number of nitrogens with one attached hydrogen (secondary N) is 1. The Morgan fingerprint density at radius 1 is 1.55 bits per heavy atom. The summed E-state index contributed by atoms with van der Waals surface area (Å²) in [4.78, 5) is 25.8. The van der Waals surface area contributed by atoms with Gasteiger partial charge in [0.1, 0.15) is 12.3 Å². The number of rotatable bonds is 5. The SMILES string of the molecule is N#CCC/C=C/c1cn([C@H]2C[C@H](O)[C@@H](CO)O2)c(=O)[nH]c1=O. The van der Waals surface area contributed by atoms with Crippen molar-refractivity contribution in [3.8, 4) is 6.07 Å². The van der Waals surface area contributed by atoms with Gasteiger partial charge in [-0.3, -0.25) is 14.3 Å². The highest BCUT2D eigenvalue weighted by atomic mass is 16.5.